The van der Waals surface area contributed by atoms with Gasteiger partial charge in [0.2, 0.25) is 0 Å². The Bertz CT molecular complexity index is 866. The average molecular weight is 392 g/mol. The van der Waals surface area contributed by atoms with Gasteiger partial charge in [0.05, 0.1) is 24.9 Å². The van der Waals surface area contributed by atoms with Gasteiger partial charge in [0.25, 0.3) is 0 Å². The Kier molecular flexibility index (Phi) is 6.72. The quantitative estimate of drug-likeness (QED) is 0.459. The summed E-state index contributed by atoms with van der Waals surface area (Å²) in [5.74, 6) is -1.13. The summed E-state index contributed by atoms with van der Waals surface area (Å²) in [4.78, 5) is 24.9. The van der Waals surface area contributed by atoms with E-state index in [4.69, 9.17) is 26.3 Å². The summed E-state index contributed by atoms with van der Waals surface area (Å²) >= 11 is 7.00. The molecular formula is C17H14ClN3O4S. The van der Waals surface area contributed by atoms with Crippen molar-refractivity contribution in [1.82, 2.24) is 0 Å². The van der Waals surface area contributed by atoms with Crippen LogP contribution in [0.25, 0.3) is 0 Å². The highest BCUT2D eigenvalue weighted by molar-refractivity contribution is 8.03. The third kappa shape index (κ3) is 4.81. The van der Waals surface area contributed by atoms with Gasteiger partial charge in [0.1, 0.15) is 16.9 Å². The molecular weight excluding hydrogens is 378 g/mol. The molecule has 2 aromatic rings. The van der Waals surface area contributed by atoms with Crippen molar-refractivity contribution in [3.8, 4) is 16.9 Å². The fourth-order valence-corrected chi connectivity index (χ4v) is 2.59. The fourth-order valence-electron chi connectivity index (χ4n) is 1.98. The van der Waals surface area contributed by atoms with Crippen LogP contribution in [0.2, 0.25) is 5.02 Å². The average Bonchev–Trinajstić information content (AvgIpc) is 2.64. The summed E-state index contributed by atoms with van der Waals surface area (Å²) < 4.78 is 10.2. The number of carbonyl (C=O) groups is 2. The second kappa shape index (κ2) is 8.99. The molecule has 2 N–H and O–H groups in total. The Balaban J connectivity index is 2.09. The molecule has 2 rings (SSSR count). The number of thioether (sulfide) groups is 1. The number of halogens is 1. The van der Waals surface area contributed by atoms with Crippen molar-refractivity contribution >= 4 is 46.6 Å². The number of amides is 2. The Hall–Kier alpha value is -2.89. The molecule has 0 fully saturated rings. The lowest BCUT2D eigenvalue weighted by molar-refractivity contribution is -0.133. The highest BCUT2D eigenvalue weighted by Gasteiger charge is 2.18. The molecule has 9 heteroatoms. The number of ether oxygens (including phenoxy) is 2. The van der Waals surface area contributed by atoms with Crippen LogP contribution in [0.3, 0.4) is 0 Å². The summed E-state index contributed by atoms with van der Waals surface area (Å²) in [6, 6.07) is 9.44. The second-order valence-corrected chi connectivity index (χ2v) is 6.08. The number of methoxy groups -OCH3 is 2. The molecule has 0 atom stereocenters. The SMILES string of the molecule is COc1cc(NC(=O)C(=O)Nc2ccc(SC#N)cc2)c(OC)cc1Cl. The highest BCUT2D eigenvalue weighted by Crippen LogP contribution is 2.35. The number of rotatable bonds is 5. The van der Waals surface area contributed by atoms with E-state index < -0.39 is 11.8 Å². The van der Waals surface area contributed by atoms with Crippen LogP contribution in [0.4, 0.5) is 11.4 Å². The van der Waals surface area contributed by atoms with E-state index in [1.54, 1.807) is 24.3 Å². The van der Waals surface area contributed by atoms with Gasteiger partial charge in [-0.15, -0.1) is 0 Å². The molecule has 0 aromatic heterocycles. The van der Waals surface area contributed by atoms with E-state index in [-0.39, 0.29) is 11.4 Å². The van der Waals surface area contributed by atoms with Crippen molar-refractivity contribution in [2.75, 3.05) is 24.9 Å². The lowest BCUT2D eigenvalue weighted by Gasteiger charge is -2.13. The maximum Gasteiger partial charge on any atom is 0.314 e. The van der Waals surface area contributed by atoms with Crippen molar-refractivity contribution in [3.63, 3.8) is 0 Å². The molecule has 2 aromatic carbocycles. The van der Waals surface area contributed by atoms with E-state index in [2.05, 4.69) is 10.6 Å². The molecule has 0 heterocycles. The van der Waals surface area contributed by atoms with Gasteiger partial charge in [-0.1, -0.05) is 11.6 Å². The number of carbonyl (C=O) groups excluding carboxylic acids is 2. The number of nitrogens with zero attached hydrogens (tertiary/aromatic N) is 1. The molecule has 0 bridgehead atoms. The van der Waals surface area contributed by atoms with Gasteiger partial charge in [-0.3, -0.25) is 9.59 Å². The zero-order valence-electron chi connectivity index (χ0n) is 13.8. The molecule has 26 heavy (non-hydrogen) atoms. The van der Waals surface area contributed by atoms with Crippen LogP contribution in [-0.2, 0) is 9.59 Å². The molecule has 7 nitrogen and oxygen atoms in total. The summed E-state index contributed by atoms with van der Waals surface area (Å²) in [6.07, 6.45) is 0. The summed E-state index contributed by atoms with van der Waals surface area (Å²) in [5.41, 5.74) is 0.669. The zero-order chi connectivity index (χ0) is 19.1. The molecule has 0 unspecified atom stereocenters. The van der Waals surface area contributed by atoms with Gasteiger partial charge >= 0.3 is 11.8 Å². The first-order valence-electron chi connectivity index (χ1n) is 7.18. The van der Waals surface area contributed by atoms with Gasteiger partial charge in [-0.2, -0.15) is 5.26 Å². The van der Waals surface area contributed by atoms with E-state index in [1.165, 1.54) is 26.4 Å². The van der Waals surface area contributed by atoms with Crippen LogP contribution in [0.5, 0.6) is 11.5 Å². The summed E-state index contributed by atoms with van der Waals surface area (Å²) in [7, 11) is 2.84. The number of nitriles is 1. The van der Waals surface area contributed by atoms with Crippen molar-refractivity contribution in [1.29, 1.82) is 5.26 Å². The van der Waals surface area contributed by atoms with E-state index >= 15 is 0 Å². The largest absolute Gasteiger partial charge is 0.495 e. The Labute approximate surface area is 159 Å². The fraction of sp³-hybridized carbons (Fsp3) is 0.118. The van der Waals surface area contributed by atoms with Crippen molar-refractivity contribution in [2.45, 2.75) is 4.90 Å². The lowest BCUT2D eigenvalue weighted by atomic mass is 10.2. The number of anilines is 2. The van der Waals surface area contributed by atoms with Gasteiger partial charge in [0, 0.05) is 22.7 Å². The van der Waals surface area contributed by atoms with Crippen LogP contribution in [-0.4, -0.2) is 26.0 Å². The van der Waals surface area contributed by atoms with E-state index in [0.717, 1.165) is 16.7 Å². The number of thiocyanates is 1. The predicted molar refractivity (Wildman–Crippen MR) is 99.7 cm³/mol. The third-order valence-electron chi connectivity index (χ3n) is 3.20. The molecule has 0 spiro atoms. The molecule has 0 aliphatic heterocycles. The van der Waals surface area contributed by atoms with Crippen molar-refractivity contribution in [3.05, 3.63) is 41.4 Å². The topological polar surface area (TPSA) is 100 Å². The maximum absolute atomic E-state index is 12.1. The smallest absolute Gasteiger partial charge is 0.314 e. The number of hydrogen-bond acceptors (Lipinski definition) is 6. The van der Waals surface area contributed by atoms with Gasteiger partial charge in [-0.05, 0) is 36.0 Å². The molecule has 0 aliphatic carbocycles. The molecule has 0 aliphatic rings. The Morgan fingerprint density at radius 3 is 2.23 bits per heavy atom. The molecule has 0 radical (unpaired) electrons. The molecule has 0 saturated carbocycles. The number of nitrogens with one attached hydrogen (secondary N) is 2. The van der Waals surface area contributed by atoms with Crippen molar-refractivity contribution in [2.24, 2.45) is 0 Å². The van der Waals surface area contributed by atoms with Crippen LogP contribution >= 0.6 is 23.4 Å². The Morgan fingerprint density at radius 1 is 1.04 bits per heavy atom. The first kappa shape index (κ1) is 19.4. The standard InChI is InChI=1S/C17H14ClN3O4S/c1-24-14-8-13(15(25-2)7-12(14)18)21-17(23)16(22)20-10-3-5-11(6-4-10)26-9-19/h3-8H,1-2H3,(H,20,22)(H,21,23). The van der Waals surface area contributed by atoms with Crippen LogP contribution in [0.15, 0.2) is 41.3 Å². The minimum Gasteiger partial charge on any atom is -0.495 e. The summed E-state index contributed by atoms with van der Waals surface area (Å²) in [6.45, 7) is 0. The first-order chi connectivity index (χ1) is 12.5. The van der Waals surface area contributed by atoms with E-state index in [0.29, 0.717) is 16.5 Å². The molecule has 134 valence electrons. The first-order valence-corrected chi connectivity index (χ1v) is 8.37. The van der Waals surface area contributed by atoms with Gasteiger partial charge in [0.15, 0.2) is 0 Å². The zero-order valence-corrected chi connectivity index (χ0v) is 15.4. The monoisotopic (exact) mass is 391 g/mol. The van der Waals surface area contributed by atoms with Crippen LogP contribution in [0.1, 0.15) is 0 Å². The normalized spacial score (nSPS) is 9.77. The van der Waals surface area contributed by atoms with Gasteiger partial charge in [-0.25, -0.2) is 0 Å². The summed E-state index contributed by atoms with van der Waals surface area (Å²) in [5, 5.41) is 15.8. The minimum atomic E-state index is -0.886. The number of benzene rings is 2. The van der Waals surface area contributed by atoms with Gasteiger partial charge < -0.3 is 20.1 Å². The lowest BCUT2D eigenvalue weighted by Crippen LogP contribution is -2.29. The van der Waals surface area contributed by atoms with Crippen LogP contribution < -0.4 is 20.1 Å². The van der Waals surface area contributed by atoms with E-state index in [1.807, 2.05) is 5.40 Å². The highest BCUT2D eigenvalue weighted by atomic mass is 35.5. The molecule has 0 saturated heterocycles. The third-order valence-corrected chi connectivity index (χ3v) is 4.10. The Morgan fingerprint density at radius 2 is 1.65 bits per heavy atom. The molecule has 2 amide bonds. The maximum atomic E-state index is 12.1. The van der Waals surface area contributed by atoms with E-state index in [9.17, 15) is 9.59 Å². The minimum absolute atomic E-state index is 0.245. The number of hydrogen-bond donors (Lipinski definition) is 2. The van der Waals surface area contributed by atoms with Crippen molar-refractivity contribution < 1.29 is 19.1 Å². The second-order valence-electron chi connectivity index (χ2n) is 4.81. The predicted octanol–water partition coefficient (Wildman–Crippen LogP) is 3.51. The van der Waals surface area contributed by atoms with Crippen LogP contribution in [0, 0.1) is 10.7 Å².